The second kappa shape index (κ2) is 16.7. The molecule has 0 unspecified atom stereocenters. The highest BCUT2D eigenvalue weighted by atomic mass is 16.3. The molecule has 12 aromatic rings. The van der Waals surface area contributed by atoms with Crippen molar-refractivity contribution in [2.75, 3.05) is 4.90 Å². The number of hydrogen-bond donors (Lipinski definition) is 0. The molecule has 0 atom stereocenters. The van der Waals surface area contributed by atoms with Gasteiger partial charge in [-0.2, -0.15) is 0 Å². The van der Waals surface area contributed by atoms with Gasteiger partial charge in [-0.1, -0.05) is 243 Å². The normalized spacial score (nSPS) is 12.5. The summed E-state index contributed by atoms with van der Waals surface area (Å²) >= 11 is 0. The van der Waals surface area contributed by atoms with Crippen molar-refractivity contribution in [2.45, 2.75) is 5.41 Å². The summed E-state index contributed by atoms with van der Waals surface area (Å²) < 4.78 is 6.70. The van der Waals surface area contributed by atoms with Crippen molar-refractivity contribution in [3.63, 3.8) is 0 Å². The number of furan rings is 1. The molecule has 0 spiro atoms. The van der Waals surface area contributed by atoms with E-state index < -0.39 is 5.41 Å². The van der Waals surface area contributed by atoms with Crippen LogP contribution in [0.2, 0.25) is 0 Å². The average Bonchev–Trinajstić information content (AvgIpc) is 3.97. The summed E-state index contributed by atoms with van der Waals surface area (Å²) in [4.78, 5) is 2.54. The van der Waals surface area contributed by atoms with E-state index in [1.165, 1.54) is 44.5 Å². The largest absolute Gasteiger partial charge is 0.455 e. The fourth-order valence-corrected chi connectivity index (χ4v) is 11.3. The molecule has 0 saturated heterocycles. The molecule has 0 radical (unpaired) electrons. The number of rotatable bonds is 9. The quantitative estimate of drug-likeness (QED) is 0.144. The Morgan fingerprint density at radius 3 is 1.51 bits per heavy atom. The van der Waals surface area contributed by atoms with Crippen LogP contribution in [0.1, 0.15) is 22.3 Å². The summed E-state index contributed by atoms with van der Waals surface area (Å²) in [6.45, 7) is 0. The van der Waals surface area contributed by atoms with Crippen molar-refractivity contribution in [1.29, 1.82) is 0 Å². The monoisotopic (exact) mass is 879 g/mol. The number of nitrogens with zero attached hydrogens (tertiary/aromatic N) is 1. The van der Waals surface area contributed by atoms with Gasteiger partial charge in [0, 0.05) is 33.2 Å². The van der Waals surface area contributed by atoms with Crippen molar-refractivity contribution in [3.8, 4) is 55.6 Å². The first-order valence-corrected chi connectivity index (χ1v) is 23.8. The van der Waals surface area contributed by atoms with E-state index in [9.17, 15) is 0 Å². The van der Waals surface area contributed by atoms with Crippen molar-refractivity contribution in [3.05, 3.63) is 295 Å². The van der Waals surface area contributed by atoms with Gasteiger partial charge < -0.3 is 9.32 Å². The maximum Gasteiger partial charge on any atom is 0.143 e. The number of anilines is 3. The van der Waals surface area contributed by atoms with Crippen LogP contribution in [0.15, 0.2) is 277 Å². The average molecular weight is 880 g/mol. The molecule has 0 bridgehead atoms. The summed E-state index contributed by atoms with van der Waals surface area (Å²) in [7, 11) is 0. The molecule has 1 aromatic heterocycles. The molecule has 0 N–H and O–H groups in total. The van der Waals surface area contributed by atoms with Crippen molar-refractivity contribution in [1.82, 2.24) is 0 Å². The Morgan fingerprint density at radius 2 is 0.783 bits per heavy atom. The van der Waals surface area contributed by atoms with Crippen LogP contribution in [0.4, 0.5) is 17.1 Å². The third kappa shape index (κ3) is 6.48. The van der Waals surface area contributed by atoms with Crippen LogP contribution < -0.4 is 4.90 Å². The number of hydrogen-bond acceptors (Lipinski definition) is 2. The van der Waals surface area contributed by atoms with Gasteiger partial charge in [-0.3, -0.25) is 0 Å². The first-order chi connectivity index (χ1) is 34.3. The van der Waals surface area contributed by atoms with E-state index in [0.29, 0.717) is 0 Å². The molecule has 1 aliphatic carbocycles. The second-order valence-corrected chi connectivity index (χ2v) is 17.9. The van der Waals surface area contributed by atoms with Crippen LogP contribution >= 0.6 is 0 Å². The van der Waals surface area contributed by atoms with E-state index in [0.717, 1.165) is 72.4 Å². The van der Waals surface area contributed by atoms with Gasteiger partial charge in [0.2, 0.25) is 0 Å². The molecule has 0 fully saturated rings. The predicted molar refractivity (Wildman–Crippen MR) is 287 cm³/mol. The van der Waals surface area contributed by atoms with Gasteiger partial charge in [-0.25, -0.2) is 0 Å². The topological polar surface area (TPSA) is 16.4 Å². The van der Waals surface area contributed by atoms with Gasteiger partial charge in [-0.05, 0) is 91.5 Å². The van der Waals surface area contributed by atoms with Crippen molar-refractivity contribution >= 4 is 39.0 Å². The van der Waals surface area contributed by atoms with Crippen LogP contribution in [0.25, 0.3) is 77.6 Å². The van der Waals surface area contributed by atoms with E-state index in [2.05, 4.69) is 272 Å². The van der Waals surface area contributed by atoms with Crippen LogP contribution in [-0.4, -0.2) is 0 Å². The van der Waals surface area contributed by atoms with Crippen LogP contribution in [0.5, 0.6) is 0 Å². The summed E-state index contributed by atoms with van der Waals surface area (Å²) in [5.41, 5.74) is 20.9. The molecule has 2 nitrogen and oxygen atoms in total. The SMILES string of the molecule is c1ccc(-c2ccccc2-c2c(-c3ccccc3)cccc2N(c2cccc(-c3cccc4c3oc3ccccc34)c2)c2cccc3c2-c2ccccc2C3(c2ccccc2)c2ccccc2)cc1. The highest BCUT2D eigenvalue weighted by Gasteiger charge is 2.47. The lowest BCUT2D eigenvalue weighted by Crippen LogP contribution is -2.28. The third-order valence-electron chi connectivity index (χ3n) is 14.2. The first kappa shape index (κ1) is 40.3. The second-order valence-electron chi connectivity index (χ2n) is 17.9. The fourth-order valence-electron chi connectivity index (χ4n) is 11.3. The number of benzene rings is 11. The van der Waals surface area contributed by atoms with E-state index in [1.807, 2.05) is 6.07 Å². The van der Waals surface area contributed by atoms with Crippen molar-refractivity contribution < 1.29 is 4.42 Å². The summed E-state index contributed by atoms with van der Waals surface area (Å²) in [6, 6.07) is 99.4. The smallest absolute Gasteiger partial charge is 0.143 e. The molecule has 0 amide bonds. The molecule has 1 aliphatic rings. The molecule has 2 heteroatoms. The van der Waals surface area contributed by atoms with Gasteiger partial charge in [0.1, 0.15) is 11.2 Å². The van der Waals surface area contributed by atoms with E-state index in [4.69, 9.17) is 4.42 Å². The van der Waals surface area contributed by atoms with Crippen LogP contribution in [0.3, 0.4) is 0 Å². The lowest BCUT2D eigenvalue weighted by atomic mass is 9.68. The first-order valence-electron chi connectivity index (χ1n) is 23.8. The molecule has 0 saturated carbocycles. The molecular formula is C67H45NO. The van der Waals surface area contributed by atoms with Crippen LogP contribution in [0, 0.1) is 0 Å². The Labute approximate surface area is 402 Å². The van der Waals surface area contributed by atoms with Gasteiger partial charge in [-0.15, -0.1) is 0 Å². The lowest BCUT2D eigenvalue weighted by Gasteiger charge is -2.35. The number of para-hydroxylation sites is 2. The van der Waals surface area contributed by atoms with E-state index >= 15 is 0 Å². The molecular weight excluding hydrogens is 835 g/mol. The van der Waals surface area contributed by atoms with Gasteiger partial charge in [0.25, 0.3) is 0 Å². The highest BCUT2D eigenvalue weighted by molar-refractivity contribution is 6.10. The molecule has 69 heavy (non-hydrogen) atoms. The molecule has 11 aromatic carbocycles. The Morgan fingerprint density at radius 1 is 0.304 bits per heavy atom. The van der Waals surface area contributed by atoms with E-state index in [-0.39, 0.29) is 0 Å². The minimum Gasteiger partial charge on any atom is -0.455 e. The van der Waals surface area contributed by atoms with Crippen molar-refractivity contribution in [2.24, 2.45) is 0 Å². The maximum absolute atomic E-state index is 6.70. The van der Waals surface area contributed by atoms with Gasteiger partial charge in [0.05, 0.1) is 16.8 Å². The minimum absolute atomic E-state index is 0.580. The lowest BCUT2D eigenvalue weighted by molar-refractivity contribution is 0.670. The maximum atomic E-state index is 6.70. The summed E-state index contributed by atoms with van der Waals surface area (Å²) in [5.74, 6) is 0. The summed E-state index contributed by atoms with van der Waals surface area (Å²) in [6.07, 6.45) is 0. The van der Waals surface area contributed by atoms with Crippen LogP contribution in [-0.2, 0) is 5.41 Å². The third-order valence-corrected chi connectivity index (χ3v) is 14.2. The highest BCUT2D eigenvalue weighted by Crippen LogP contribution is 2.60. The standard InChI is InChI=1S/C67H45NO/c1-5-23-46(24-6-1)52-33-13-14-35-56(52)64-53(47-25-7-2-8-26-47)37-21-42-61(64)68(51-32-19-27-48(45-51)54-38-20-39-57-55-34-16-18-44-63(55)69-66(54)57)62-43-22-41-60-65(62)58-36-15-17-40-59(58)67(60,49-28-9-3-10-29-49)50-30-11-4-12-31-50/h1-45H. The Hall–Kier alpha value is -8.98. The molecule has 1 heterocycles. The Bertz CT molecular complexity index is 3800. The zero-order valence-corrected chi connectivity index (χ0v) is 37.8. The minimum atomic E-state index is -0.580. The van der Waals surface area contributed by atoms with Gasteiger partial charge >= 0.3 is 0 Å². The molecule has 0 aliphatic heterocycles. The zero-order valence-electron chi connectivity index (χ0n) is 37.8. The molecule has 324 valence electrons. The number of fused-ring (bicyclic) bond motifs is 6. The Kier molecular flexibility index (Phi) is 9.77. The predicted octanol–water partition coefficient (Wildman–Crippen LogP) is 18.1. The molecule has 13 rings (SSSR count). The van der Waals surface area contributed by atoms with Gasteiger partial charge in [0.15, 0.2) is 0 Å². The zero-order chi connectivity index (χ0) is 45.7. The fraction of sp³-hybridized carbons (Fsp3) is 0.0149. The van der Waals surface area contributed by atoms with E-state index in [1.54, 1.807) is 0 Å². The Balaban J connectivity index is 1.15. The summed E-state index contributed by atoms with van der Waals surface area (Å²) in [5, 5.41) is 2.22.